The maximum absolute atomic E-state index is 13.4. The molecule has 1 rings (SSSR count). The van der Waals surface area contributed by atoms with Gasteiger partial charge in [-0.25, -0.2) is 9.37 Å². The molecule has 0 aliphatic carbocycles. The quantitative estimate of drug-likeness (QED) is 0.751. The van der Waals surface area contributed by atoms with Crippen molar-refractivity contribution in [2.24, 2.45) is 5.73 Å². The Kier molecular flexibility index (Phi) is 4.62. The van der Waals surface area contributed by atoms with Gasteiger partial charge in [-0.15, -0.1) is 0 Å². The van der Waals surface area contributed by atoms with Gasteiger partial charge in [0.1, 0.15) is 0 Å². The van der Waals surface area contributed by atoms with Gasteiger partial charge in [-0.1, -0.05) is 6.92 Å². The molecule has 0 aromatic carbocycles. The van der Waals surface area contributed by atoms with E-state index in [4.69, 9.17) is 5.73 Å². The van der Waals surface area contributed by atoms with Crippen LogP contribution in [0.15, 0.2) is 6.20 Å². The number of halogens is 1. The average Bonchev–Trinajstić information content (AvgIpc) is 2.27. The zero-order valence-electron chi connectivity index (χ0n) is 9.90. The van der Waals surface area contributed by atoms with E-state index < -0.39 is 11.7 Å². The molecule has 0 aliphatic heterocycles. The van der Waals surface area contributed by atoms with Crippen molar-refractivity contribution < 1.29 is 9.18 Å². The predicted molar refractivity (Wildman–Crippen MR) is 63.2 cm³/mol. The van der Waals surface area contributed by atoms with E-state index in [2.05, 4.69) is 15.3 Å². The average molecular weight is 241 g/mol. The van der Waals surface area contributed by atoms with Crippen LogP contribution in [0.25, 0.3) is 0 Å². The maximum atomic E-state index is 13.4. The van der Waals surface area contributed by atoms with Crippen molar-refractivity contribution in [2.75, 3.05) is 30.4 Å². The Balaban J connectivity index is 2.85. The van der Waals surface area contributed by atoms with Gasteiger partial charge in [0.15, 0.2) is 11.6 Å². The number of nitrogens with one attached hydrogen (secondary N) is 1. The highest BCUT2D eigenvalue weighted by Gasteiger charge is 2.13. The molecule has 17 heavy (non-hydrogen) atoms. The van der Waals surface area contributed by atoms with Crippen LogP contribution >= 0.6 is 0 Å². The number of hydrogen-bond acceptors (Lipinski definition) is 5. The third-order valence-electron chi connectivity index (χ3n) is 2.01. The van der Waals surface area contributed by atoms with E-state index in [1.54, 1.807) is 7.05 Å². The van der Waals surface area contributed by atoms with Gasteiger partial charge in [-0.2, -0.15) is 4.98 Å². The first-order valence-electron chi connectivity index (χ1n) is 5.30. The lowest BCUT2D eigenvalue weighted by atomic mass is 10.4. The lowest BCUT2D eigenvalue weighted by Crippen LogP contribution is -2.31. The fourth-order valence-corrected chi connectivity index (χ4v) is 1.26. The minimum absolute atomic E-state index is 0.0532. The van der Waals surface area contributed by atoms with Crippen molar-refractivity contribution in [3.8, 4) is 0 Å². The van der Waals surface area contributed by atoms with Crippen LogP contribution < -0.4 is 16.0 Å². The number of nitrogens with zero attached hydrogens (tertiary/aromatic N) is 3. The fraction of sp³-hybridized carbons (Fsp3) is 0.500. The molecule has 1 heterocycles. The molecule has 0 saturated heterocycles. The molecular formula is C10H16FN5O. The molecule has 6 nitrogen and oxygen atoms in total. The number of hydrogen-bond donors (Lipinski definition) is 2. The van der Waals surface area contributed by atoms with Crippen molar-refractivity contribution in [2.45, 2.75) is 13.3 Å². The monoisotopic (exact) mass is 241 g/mol. The van der Waals surface area contributed by atoms with Crippen LogP contribution in [0, 0.1) is 5.82 Å². The molecule has 0 saturated carbocycles. The van der Waals surface area contributed by atoms with Gasteiger partial charge in [-0.05, 0) is 6.42 Å². The van der Waals surface area contributed by atoms with Crippen LogP contribution in [0.2, 0.25) is 0 Å². The molecule has 1 aromatic rings. The summed E-state index contributed by atoms with van der Waals surface area (Å²) in [6.07, 6.45) is 1.98. The molecule has 0 unspecified atom stereocenters. The summed E-state index contributed by atoms with van der Waals surface area (Å²) in [5, 5.41) is 2.94. The van der Waals surface area contributed by atoms with E-state index >= 15 is 0 Å². The summed E-state index contributed by atoms with van der Waals surface area (Å²) >= 11 is 0. The van der Waals surface area contributed by atoms with Crippen molar-refractivity contribution in [3.63, 3.8) is 0 Å². The summed E-state index contributed by atoms with van der Waals surface area (Å²) < 4.78 is 13.4. The Morgan fingerprint density at radius 3 is 2.94 bits per heavy atom. The van der Waals surface area contributed by atoms with Crippen molar-refractivity contribution in [3.05, 3.63) is 12.0 Å². The number of nitrogens with two attached hydrogens (primary N) is 1. The Morgan fingerprint density at radius 2 is 2.35 bits per heavy atom. The van der Waals surface area contributed by atoms with Crippen LogP contribution in [0.3, 0.4) is 0 Å². The number of rotatable bonds is 6. The first-order chi connectivity index (χ1) is 8.04. The predicted octanol–water partition coefficient (Wildman–Crippen LogP) is 0.359. The van der Waals surface area contributed by atoms with Crippen molar-refractivity contribution in [1.29, 1.82) is 0 Å². The smallest absolute Gasteiger partial charge is 0.236 e. The van der Waals surface area contributed by atoms with E-state index in [0.717, 1.165) is 12.6 Å². The second-order valence-electron chi connectivity index (χ2n) is 3.61. The zero-order valence-corrected chi connectivity index (χ0v) is 9.90. The van der Waals surface area contributed by atoms with Crippen molar-refractivity contribution in [1.82, 2.24) is 9.97 Å². The maximum Gasteiger partial charge on any atom is 0.236 e. The first kappa shape index (κ1) is 13.1. The molecular weight excluding hydrogens is 225 g/mol. The lowest BCUT2D eigenvalue weighted by molar-refractivity contribution is -0.116. The molecule has 1 aromatic heterocycles. The molecule has 94 valence electrons. The lowest BCUT2D eigenvalue weighted by Gasteiger charge is -2.17. The third-order valence-corrected chi connectivity index (χ3v) is 2.01. The molecule has 0 atom stereocenters. The van der Waals surface area contributed by atoms with E-state index in [1.165, 1.54) is 4.90 Å². The Hall–Kier alpha value is -1.92. The minimum Gasteiger partial charge on any atom is -0.368 e. The first-order valence-corrected chi connectivity index (χ1v) is 5.30. The Bertz CT molecular complexity index is 398. The third kappa shape index (κ3) is 3.86. The largest absolute Gasteiger partial charge is 0.368 e. The highest BCUT2D eigenvalue weighted by Crippen LogP contribution is 2.15. The second-order valence-corrected chi connectivity index (χ2v) is 3.61. The number of primary amides is 1. The molecule has 3 N–H and O–H groups in total. The molecule has 0 spiro atoms. The molecule has 0 bridgehead atoms. The minimum atomic E-state index is -0.587. The van der Waals surface area contributed by atoms with Gasteiger partial charge in [0.05, 0.1) is 12.7 Å². The Labute approximate surface area is 99.0 Å². The van der Waals surface area contributed by atoms with E-state index in [0.29, 0.717) is 12.5 Å². The van der Waals surface area contributed by atoms with E-state index in [9.17, 15) is 9.18 Å². The molecule has 0 fully saturated rings. The summed E-state index contributed by atoms with van der Waals surface area (Å²) in [6.45, 7) is 2.60. The van der Waals surface area contributed by atoms with Crippen LogP contribution in [-0.2, 0) is 4.79 Å². The summed E-state index contributed by atoms with van der Waals surface area (Å²) in [5.74, 6) is -0.749. The standard InChI is InChI=1S/C10H16FN5O/c1-3-4-13-10-14-5-7(11)9(15-10)16(2)6-8(12)17/h5H,3-4,6H2,1-2H3,(H2,12,17)(H,13,14,15). The molecule has 7 heteroatoms. The highest BCUT2D eigenvalue weighted by molar-refractivity contribution is 5.79. The molecule has 1 amide bonds. The van der Waals surface area contributed by atoms with Crippen LogP contribution in [0.1, 0.15) is 13.3 Å². The van der Waals surface area contributed by atoms with E-state index in [-0.39, 0.29) is 12.4 Å². The van der Waals surface area contributed by atoms with Gasteiger partial charge in [-0.3, -0.25) is 4.79 Å². The normalized spacial score (nSPS) is 10.1. The zero-order chi connectivity index (χ0) is 12.8. The van der Waals surface area contributed by atoms with Crippen molar-refractivity contribution >= 4 is 17.7 Å². The number of amides is 1. The topological polar surface area (TPSA) is 84.1 Å². The second kappa shape index (κ2) is 5.97. The molecule has 0 radical (unpaired) electrons. The number of likely N-dealkylation sites (N-methyl/N-ethyl adjacent to an activating group) is 1. The summed E-state index contributed by atoms with van der Waals surface area (Å²) in [5.41, 5.74) is 5.04. The highest BCUT2D eigenvalue weighted by atomic mass is 19.1. The number of aromatic nitrogens is 2. The summed E-state index contributed by atoms with van der Waals surface area (Å²) in [7, 11) is 1.54. The summed E-state index contributed by atoms with van der Waals surface area (Å²) in [6, 6.07) is 0. The summed E-state index contributed by atoms with van der Waals surface area (Å²) in [4.78, 5) is 19.9. The van der Waals surface area contributed by atoms with E-state index in [1.807, 2.05) is 6.92 Å². The van der Waals surface area contributed by atoms with Gasteiger partial charge in [0.2, 0.25) is 11.9 Å². The number of carbonyl (C=O) groups is 1. The van der Waals surface area contributed by atoms with Crippen LogP contribution in [0.4, 0.5) is 16.2 Å². The number of anilines is 2. The SMILES string of the molecule is CCCNc1ncc(F)c(N(C)CC(N)=O)n1. The van der Waals surface area contributed by atoms with Gasteiger partial charge >= 0.3 is 0 Å². The fourth-order valence-electron chi connectivity index (χ4n) is 1.26. The Morgan fingerprint density at radius 1 is 1.65 bits per heavy atom. The molecule has 0 aliphatic rings. The van der Waals surface area contributed by atoms with Crippen LogP contribution in [-0.4, -0.2) is 36.0 Å². The van der Waals surface area contributed by atoms with Gasteiger partial charge < -0.3 is 16.0 Å². The number of carbonyl (C=O) groups excluding carboxylic acids is 1. The van der Waals surface area contributed by atoms with Crippen LogP contribution in [0.5, 0.6) is 0 Å². The van der Waals surface area contributed by atoms with Gasteiger partial charge in [0, 0.05) is 13.6 Å². The van der Waals surface area contributed by atoms with Gasteiger partial charge in [0.25, 0.3) is 0 Å².